The van der Waals surface area contributed by atoms with Crippen LogP contribution in [0.3, 0.4) is 0 Å². The van der Waals surface area contributed by atoms with Gasteiger partial charge in [0, 0.05) is 12.7 Å². The summed E-state index contributed by atoms with van der Waals surface area (Å²) in [7, 11) is 1.71. The summed E-state index contributed by atoms with van der Waals surface area (Å²) in [5.41, 5.74) is 1.78. The van der Waals surface area contributed by atoms with E-state index >= 15 is 0 Å². The second-order valence-electron chi connectivity index (χ2n) is 5.55. The molecule has 0 aliphatic rings. The summed E-state index contributed by atoms with van der Waals surface area (Å²) in [6, 6.07) is 11.3. The Morgan fingerprint density at radius 2 is 2.15 bits per heavy atom. The van der Waals surface area contributed by atoms with Gasteiger partial charge in [0.25, 0.3) is 5.91 Å². The molecule has 8 nitrogen and oxygen atoms in total. The maximum absolute atomic E-state index is 12.3. The zero-order chi connectivity index (χ0) is 17.9. The molecular formula is C17H14N6O2S. The van der Waals surface area contributed by atoms with Crippen molar-refractivity contribution in [3.63, 3.8) is 0 Å². The van der Waals surface area contributed by atoms with Crippen LogP contribution in [0.15, 0.2) is 52.5 Å². The molecule has 1 amide bonds. The number of nitrogens with one attached hydrogen (secondary N) is 1. The van der Waals surface area contributed by atoms with Crippen LogP contribution in [0.4, 0.5) is 5.69 Å². The molecule has 1 aromatic carbocycles. The number of anilines is 1. The summed E-state index contributed by atoms with van der Waals surface area (Å²) in [6.07, 6.45) is 1.97. The van der Waals surface area contributed by atoms with Gasteiger partial charge in [-0.25, -0.2) is 0 Å². The van der Waals surface area contributed by atoms with Crippen molar-refractivity contribution in [1.82, 2.24) is 25.1 Å². The van der Waals surface area contributed by atoms with Crippen LogP contribution >= 0.6 is 11.3 Å². The van der Waals surface area contributed by atoms with E-state index in [0.29, 0.717) is 23.8 Å². The highest BCUT2D eigenvalue weighted by molar-refractivity contribution is 7.13. The molecule has 0 saturated carbocycles. The number of rotatable bonds is 5. The lowest BCUT2D eigenvalue weighted by Gasteiger charge is -2.08. The van der Waals surface area contributed by atoms with Crippen LogP contribution in [0.5, 0.6) is 0 Å². The number of carbonyl (C=O) groups excluding carboxylic acids is 1. The van der Waals surface area contributed by atoms with Crippen molar-refractivity contribution in [2.45, 2.75) is 6.42 Å². The van der Waals surface area contributed by atoms with Gasteiger partial charge in [0.15, 0.2) is 5.69 Å². The van der Waals surface area contributed by atoms with Gasteiger partial charge < -0.3 is 9.84 Å². The average molecular weight is 366 g/mol. The first-order chi connectivity index (χ1) is 12.7. The van der Waals surface area contributed by atoms with E-state index in [4.69, 9.17) is 4.52 Å². The molecule has 130 valence electrons. The van der Waals surface area contributed by atoms with Gasteiger partial charge in [0.05, 0.1) is 17.5 Å². The predicted octanol–water partition coefficient (Wildman–Crippen LogP) is 2.77. The van der Waals surface area contributed by atoms with Crippen LogP contribution < -0.4 is 5.32 Å². The van der Waals surface area contributed by atoms with Crippen molar-refractivity contribution in [3.8, 4) is 10.7 Å². The molecule has 9 heteroatoms. The highest BCUT2D eigenvalue weighted by Crippen LogP contribution is 2.23. The Morgan fingerprint density at radius 3 is 2.92 bits per heavy atom. The molecule has 4 aromatic rings. The molecule has 4 rings (SSSR count). The standard InChI is InChI=1S/C17H14N6O2S/c1-23-10-13(20-22-23)17(24)18-12-6-3-2-5-11(12)9-15-19-16(21-25-15)14-7-4-8-26-14/h2-8,10H,9H2,1H3,(H,18,24). The third-order valence-electron chi connectivity index (χ3n) is 3.65. The fourth-order valence-electron chi connectivity index (χ4n) is 2.43. The molecular weight excluding hydrogens is 352 g/mol. The van der Waals surface area contributed by atoms with Gasteiger partial charge in [0.2, 0.25) is 11.7 Å². The highest BCUT2D eigenvalue weighted by atomic mass is 32.1. The Morgan fingerprint density at radius 1 is 1.27 bits per heavy atom. The lowest BCUT2D eigenvalue weighted by Crippen LogP contribution is -2.14. The van der Waals surface area contributed by atoms with E-state index in [-0.39, 0.29) is 11.6 Å². The molecule has 0 bridgehead atoms. The van der Waals surface area contributed by atoms with Crippen molar-refractivity contribution in [2.75, 3.05) is 5.32 Å². The lowest BCUT2D eigenvalue weighted by molar-refractivity contribution is 0.102. The predicted molar refractivity (Wildman–Crippen MR) is 95.8 cm³/mol. The average Bonchev–Trinajstić information content (AvgIpc) is 3.37. The fourth-order valence-corrected chi connectivity index (χ4v) is 3.08. The van der Waals surface area contributed by atoms with E-state index < -0.39 is 0 Å². The molecule has 0 radical (unpaired) electrons. The smallest absolute Gasteiger partial charge is 0.277 e. The highest BCUT2D eigenvalue weighted by Gasteiger charge is 2.15. The maximum Gasteiger partial charge on any atom is 0.277 e. The number of hydrogen-bond donors (Lipinski definition) is 1. The number of hydrogen-bond acceptors (Lipinski definition) is 7. The Balaban J connectivity index is 1.53. The molecule has 1 N–H and O–H groups in total. The number of amides is 1. The van der Waals surface area contributed by atoms with Gasteiger partial charge in [-0.05, 0) is 23.1 Å². The van der Waals surface area contributed by atoms with Crippen molar-refractivity contribution < 1.29 is 9.32 Å². The third-order valence-corrected chi connectivity index (χ3v) is 4.52. The first kappa shape index (κ1) is 16.2. The molecule has 0 aliphatic heterocycles. The van der Waals surface area contributed by atoms with Crippen molar-refractivity contribution >= 4 is 22.9 Å². The van der Waals surface area contributed by atoms with Gasteiger partial charge in [0.1, 0.15) is 0 Å². The number of nitrogens with zero attached hydrogens (tertiary/aromatic N) is 5. The van der Waals surface area contributed by atoms with E-state index in [1.807, 2.05) is 41.8 Å². The summed E-state index contributed by atoms with van der Waals surface area (Å²) < 4.78 is 6.83. The number of para-hydroxylation sites is 1. The zero-order valence-corrected chi connectivity index (χ0v) is 14.6. The monoisotopic (exact) mass is 366 g/mol. The van der Waals surface area contributed by atoms with Crippen LogP contribution in [0.25, 0.3) is 10.7 Å². The van der Waals surface area contributed by atoms with Crippen molar-refractivity contribution in [1.29, 1.82) is 0 Å². The Hall–Kier alpha value is -3.33. The lowest BCUT2D eigenvalue weighted by atomic mass is 10.1. The molecule has 0 unspecified atom stereocenters. The van der Waals surface area contributed by atoms with Crippen molar-refractivity contribution in [3.05, 3.63) is 65.1 Å². The van der Waals surface area contributed by atoms with Crippen LogP contribution in [0.2, 0.25) is 0 Å². The first-order valence-corrected chi connectivity index (χ1v) is 8.69. The third kappa shape index (κ3) is 3.38. The Labute approximate surface area is 152 Å². The number of carbonyl (C=O) groups is 1. The fraction of sp³-hybridized carbons (Fsp3) is 0.118. The molecule has 0 aliphatic carbocycles. The van der Waals surface area contributed by atoms with Gasteiger partial charge >= 0.3 is 0 Å². The number of benzene rings is 1. The maximum atomic E-state index is 12.3. The molecule has 0 fully saturated rings. The topological polar surface area (TPSA) is 98.7 Å². The molecule has 0 atom stereocenters. The SMILES string of the molecule is Cn1cc(C(=O)Nc2ccccc2Cc2nc(-c3cccs3)no2)nn1. The minimum Gasteiger partial charge on any atom is -0.339 e. The van der Waals surface area contributed by atoms with Gasteiger partial charge in [-0.2, -0.15) is 4.98 Å². The van der Waals surface area contributed by atoms with E-state index in [1.165, 1.54) is 4.68 Å². The van der Waals surface area contributed by atoms with Gasteiger partial charge in [-0.1, -0.05) is 34.6 Å². The Bertz CT molecular complexity index is 1040. The Kier molecular flexibility index (Phi) is 4.28. The summed E-state index contributed by atoms with van der Waals surface area (Å²) >= 11 is 1.55. The summed E-state index contributed by atoms with van der Waals surface area (Å²) in [4.78, 5) is 17.7. The second kappa shape index (κ2) is 6.89. The quantitative estimate of drug-likeness (QED) is 0.583. The van der Waals surface area contributed by atoms with E-state index in [2.05, 4.69) is 25.8 Å². The first-order valence-electron chi connectivity index (χ1n) is 7.81. The van der Waals surface area contributed by atoms with E-state index in [1.54, 1.807) is 24.6 Å². The van der Waals surface area contributed by atoms with Crippen LogP contribution in [0.1, 0.15) is 21.9 Å². The molecule has 3 aromatic heterocycles. The molecule has 0 saturated heterocycles. The molecule has 26 heavy (non-hydrogen) atoms. The number of aryl methyl sites for hydroxylation is 1. The van der Waals surface area contributed by atoms with Gasteiger partial charge in [-0.15, -0.1) is 16.4 Å². The number of aromatic nitrogens is 5. The zero-order valence-electron chi connectivity index (χ0n) is 13.8. The largest absolute Gasteiger partial charge is 0.339 e. The van der Waals surface area contributed by atoms with Crippen LogP contribution in [0, 0.1) is 0 Å². The summed E-state index contributed by atoms with van der Waals surface area (Å²) in [5, 5.41) is 16.4. The second-order valence-corrected chi connectivity index (χ2v) is 6.50. The minimum atomic E-state index is -0.324. The summed E-state index contributed by atoms with van der Waals surface area (Å²) in [6.45, 7) is 0. The summed E-state index contributed by atoms with van der Waals surface area (Å²) in [5.74, 6) is 0.723. The van der Waals surface area contributed by atoms with E-state index in [9.17, 15) is 4.79 Å². The van der Waals surface area contributed by atoms with Gasteiger partial charge in [-0.3, -0.25) is 9.48 Å². The molecule has 3 heterocycles. The minimum absolute atomic E-state index is 0.250. The van der Waals surface area contributed by atoms with E-state index in [0.717, 1.165) is 10.4 Å². The molecule has 0 spiro atoms. The number of thiophene rings is 1. The van der Waals surface area contributed by atoms with Crippen molar-refractivity contribution in [2.24, 2.45) is 7.05 Å². The normalized spacial score (nSPS) is 10.8. The van der Waals surface area contributed by atoms with Crippen LogP contribution in [-0.2, 0) is 13.5 Å². The van der Waals surface area contributed by atoms with Crippen LogP contribution in [-0.4, -0.2) is 31.0 Å².